The molecule has 1 heterocycles. The van der Waals surface area contributed by atoms with Crippen LogP contribution in [0.4, 0.5) is 0 Å². The molecule has 0 atom stereocenters. The third-order valence-corrected chi connectivity index (χ3v) is 3.56. The van der Waals surface area contributed by atoms with Crippen molar-refractivity contribution in [1.82, 2.24) is 10.2 Å². The summed E-state index contributed by atoms with van der Waals surface area (Å²) in [5, 5.41) is 3.61. The lowest BCUT2D eigenvalue weighted by molar-refractivity contribution is -0.0100. The van der Waals surface area contributed by atoms with Gasteiger partial charge in [-0.15, -0.1) is 0 Å². The fraction of sp³-hybridized carbons (Fsp3) is 1.00. The second kappa shape index (κ2) is 5.83. The van der Waals surface area contributed by atoms with Crippen molar-refractivity contribution in [3.8, 4) is 0 Å². The molecular weight excluding hydrogens is 188 g/mol. The van der Waals surface area contributed by atoms with Crippen LogP contribution in [0.1, 0.15) is 32.6 Å². The average molecular weight is 212 g/mol. The lowest BCUT2D eigenvalue weighted by Gasteiger charge is -2.35. The Morgan fingerprint density at radius 1 is 1.27 bits per heavy atom. The Labute approximate surface area is 93.2 Å². The largest absolute Gasteiger partial charge is 0.378 e. The van der Waals surface area contributed by atoms with Crippen molar-refractivity contribution >= 4 is 0 Å². The molecule has 1 saturated heterocycles. The smallest absolute Gasteiger partial charge is 0.0604 e. The van der Waals surface area contributed by atoms with Gasteiger partial charge in [0.05, 0.1) is 6.10 Å². The highest BCUT2D eigenvalue weighted by molar-refractivity contribution is 4.86. The first-order chi connectivity index (χ1) is 7.38. The quantitative estimate of drug-likeness (QED) is 0.717. The molecule has 88 valence electrons. The molecule has 1 aliphatic heterocycles. The predicted octanol–water partition coefficient (Wildman–Crippen LogP) is 1.24. The van der Waals surface area contributed by atoms with Crippen LogP contribution in [0.2, 0.25) is 0 Å². The van der Waals surface area contributed by atoms with Crippen molar-refractivity contribution in [1.29, 1.82) is 0 Å². The summed E-state index contributed by atoms with van der Waals surface area (Å²) in [6.07, 6.45) is 5.77. The fourth-order valence-electron chi connectivity index (χ4n) is 2.54. The van der Waals surface area contributed by atoms with Gasteiger partial charge in [-0.3, -0.25) is 0 Å². The molecule has 15 heavy (non-hydrogen) atoms. The van der Waals surface area contributed by atoms with Gasteiger partial charge in [0.25, 0.3) is 0 Å². The highest BCUT2D eigenvalue weighted by Gasteiger charge is 2.28. The molecule has 0 aromatic heterocycles. The zero-order chi connectivity index (χ0) is 10.5. The highest BCUT2D eigenvalue weighted by Crippen LogP contribution is 2.22. The molecule has 2 rings (SSSR count). The first kappa shape index (κ1) is 11.4. The fourth-order valence-corrected chi connectivity index (χ4v) is 2.54. The summed E-state index contributed by atoms with van der Waals surface area (Å²) in [7, 11) is 0. The maximum Gasteiger partial charge on any atom is 0.0604 e. The zero-order valence-electron chi connectivity index (χ0n) is 9.87. The topological polar surface area (TPSA) is 24.5 Å². The summed E-state index contributed by atoms with van der Waals surface area (Å²) in [6, 6.07) is 0.726. The molecule has 0 aromatic rings. The van der Waals surface area contributed by atoms with Gasteiger partial charge in [0.15, 0.2) is 0 Å². The highest BCUT2D eigenvalue weighted by atomic mass is 16.5. The van der Waals surface area contributed by atoms with E-state index in [2.05, 4.69) is 17.1 Å². The standard InChI is InChI=1S/C12H24N2O/c1-2-15-12-9-11(10-12)13-5-8-14-6-3-4-7-14/h11-13H,2-10H2,1H3. The first-order valence-electron chi connectivity index (χ1n) is 6.46. The summed E-state index contributed by atoms with van der Waals surface area (Å²) < 4.78 is 5.54. The molecule has 2 fully saturated rings. The molecule has 0 bridgehead atoms. The van der Waals surface area contributed by atoms with Crippen LogP contribution in [-0.2, 0) is 4.74 Å². The summed E-state index contributed by atoms with van der Waals surface area (Å²) in [6.45, 7) is 7.96. The van der Waals surface area contributed by atoms with Gasteiger partial charge >= 0.3 is 0 Å². The Balaban J connectivity index is 1.45. The summed E-state index contributed by atoms with van der Waals surface area (Å²) in [4.78, 5) is 2.56. The first-order valence-corrected chi connectivity index (χ1v) is 6.46. The molecule has 0 unspecified atom stereocenters. The molecule has 0 amide bonds. The number of rotatable bonds is 6. The monoisotopic (exact) mass is 212 g/mol. The molecule has 0 aromatic carbocycles. The van der Waals surface area contributed by atoms with Crippen molar-refractivity contribution in [2.75, 3.05) is 32.8 Å². The van der Waals surface area contributed by atoms with E-state index in [0.717, 1.165) is 19.2 Å². The van der Waals surface area contributed by atoms with Crippen LogP contribution < -0.4 is 5.32 Å². The SMILES string of the molecule is CCOC1CC(NCCN2CCCC2)C1. The van der Waals surface area contributed by atoms with Crippen molar-refractivity contribution in [2.24, 2.45) is 0 Å². The lowest BCUT2D eigenvalue weighted by atomic mass is 9.89. The van der Waals surface area contributed by atoms with Crippen LogP contribution in [0.3, 0.4) is 0 Å². The summed E-state index contributed by atoms with van der Waals surface area (Å²) >= 11 is 0. The summed E-state index contributed by atoms with van der Waals surface area (Å²) in [5.74, 6) is 0. The van der Waals surface area contributed by atoms with Crippen molar-refractivity contribution < 1.29 is 4.74 Å². The van der Waals surface area contributed by atoms with E-state index in [1.807, 2.05) is 0 Å². The van der Waals surface area contributed by atoms with E-state index in [9.17, 15) is 0 Å². The van der Waals surface area contributed by atoms with Crippen molar-refractivity contribution in [3.63, 3.8) is 0 Å². The Bertz CT molecular complexity index is 174. The van der Waals surface area contributed by atoms with Crippen LogP contribution in [-0.4, -0.2) is 49.8 Å². The van der Waals surface area contributed by atoms with Gasteiger partial charge in [0.2, 0.25) is 0 Å². The molecule has 1 N–H and O–H groups in total. The number of likely N-dealkylation sites (tertiary alicyclic amines) is 1. The Hall–Kier alpha value is -0.120. The molecule has 2 aliphatic rings. The van der Waals surface area contributed by atoms with Gasteiger partial charge in [0, 0.05) is 25.7 Å². The number of hydrogen-bond acceptors (Lipinski definition) is 3. The number of nitrogens with zero attached hydrogens (tertiary/aromatic N) is 1. The van der Waals surface area contributed by atoms with Crippen molar-refractivity contribution in [3.05, 3.63) is 0 Å². The van der Waals surface area contributed by atoms with E-state index >= 15 is 0 Å². The van der Waals surface area contributed by atoms with Crippen LogP contribution in [0.5, 0.6) is 0 Å². The molecule has 3 heteroatoms. The molecule has 1 saturated carbocycles. The van der Waals surface area contributed by atoms with Crippen LogP contribution in [0.15, 0.2) is 0 Å². The van der Waals surface area contributed by atoms with Gasteiger partial charge in [-0.2, -0.15) is 0 Å². The minimum atomic E-state index is 0.541. The second-order valence-corrected chi connectivity index (χ2v) is 4.75. The van der Waals surface area contributed by atoms with Crippen LogP contribution in [0.25, 0.3) is 0 Å². The second-order valence-electron chi connectivity index (χ2n) is 4.75. The van der Waals surface area contributed by atoms with Gasteiger partial charge in [-0.05, 0) is 45.7 Å². The predicted molar refractivity (Wildman–Crippen MR) is 62.1 cm³/mol. The van der Waals surface area contributed by atoms with Crippen LogP contribution >= 0.6 is 0 Å². The summed E-state index contributed by atoms with van der Waals surface area (Å²) in [5.41, 5.74) is 0. The van der Waals surface area contributed by atoms with E-state index in [-0.39, 0.29) is 0 Å². The third-order valence-electron chi connectivity index (χ3n) is 3.56. The van der Waals surface area contributed by atoms with Crippen molar-refractivity contribution in [2.45, 2.75) is 44.8 Å². The molecule has 3 nitrogen and oxygen atoms in total. The Morgan fingerprint density at radius 3 is 2.67 bits per heavy atom. The number of ether oxygens (including phenoxy) is 1. The van der Waals surface area contributed by atoms with Gasteiger partial charge in [-0.25, -0.2) is 0 Å². The third kappa shape index (κ3) is 3.44. The normalized spacial score (nSPS) is 31.8. The molecule has 0 radical (unpaired) electrons. The molecule has 0 spiro atoms. The zero-order valence-corrected chi connectivity index (χ0v) is 9.87. The van der Waals surface area contributed by atoms with Gasteiger partial charge < -0.3 is 15.0 Å². The van der Waals surface area contributed by atoms with E-state index in [1.54, 1.807) is 0 Å². The van der Waals surface area contributed by atoms with Gasteiger partial charge in [0.1, 0.15) is 0 Å². The van der Waals surface area contributed by atoms with E-state index < -0.39 is 0 Å². The van der Waals surface area contributed by atoms with E-state index in [0.29, 0.717) is 6.10 Å². The van der Waals surface area contributed by atoms with Crippen LogP contribution in [0, 0.1) is 0 Å². The van der Waals surface area contributed by atoms with E-state index in [1.165, 1.54) is 45.3 Å². The maximum atomic E-state index is 5.54. The Morgan fingerprint density at radius 2 is 2.00 bits per heavy atom. The number of hydrogen-bond donors (Lipinski definition) is 1. The molecular formula is C12H24N2O. The average Bonchev–Trinajstić information content (AvgIpc) is 2.66. The van der Waals surface area contributed by atoms with E-state index in [4.69, 9.17) is 4.74 Å². The molecule has 1 aliphatic carbocycles. The minimum absolute atomic E-state index is 0.541. The minimum Gasteiger partial charge on any atom is -0.378 e. The lowest BCUT2D eigenvalue weighted by Crippen LogP contribution is -2.47. The maximum absolute atomic E-state index is 5.54. The Kier molecular flexibility index (Phi) is 4.42. The number of nitrogens with one attached hydrogen (secondary N) is 1. The van der Waals surface area contributed by atoms with Gasteiger partial charge in [-0.1, -0.05) is 0 Å².